The lowest BCUT2D eigenvalue weighted by Crippen LogP contribution is -1.92. The minimum Gasteiger partial charge on any atom is -0.364 e. The van der Waals surface area contributed by atoms with Gasteiger partial charge in [0.25, 0.3) is 0 Å². The van der Waals surface area contributed by atoms with Crippen molar-refractivity contribution in [1.29, 1.82) is 0 Å². The van der Waals surface area contributed by atoms with Crippen molar-refractivity contribution in [2.75, 3.05) is 6.61 Å². The van der Waals surface area contributed by atoms with Gasteiger partial charge in [-0.25, -0.2) is 0 Å². The van der Waals surface area contributed by atoms with Crippen LogP contribution in [0.4, 0.5) is 0 Å². The van der Waals surface area contributed by atoms with Gasteiger partial charge in [0.1, 0.15) is 6.10 Å². The Labute approximate surface area is 49.0 Å². The van der Waals surface area contributed by atoms with Gasteiger partial charge in [-0.3, -0.25) is 4.79 Å². The predicted octanol–water partition coefficient (Wildman–Crippen LogP) is 0.347. The molecular formula is C3H3IO2. The van der Waals surface area contributed by atoms with E-state index in [4.69, 9.17) is 0 Å². The fourth-order valence-corrected chi connectivity index (χ4v) is 0.539. The highest BCUT2D eigenvalue weighted by Crippen LogP contribution is 2.12. The third kappa shape index (κ3) is 0.909. The molecule has 3 heteroatoms. The van der Waals surface area contributed by atoms with E-state index in [2.05, 4.69) is 4.74 Å². The second-order valence-corrected chi connectivity index (χ2v) is 2.19. The molecule has 0 aliphatic carbocycles. The van der Waals surface area contributed by atoms with Gasteiger partial charge in [0.2, 0.25) is 3.79 Å². The van der Waals surface area contributed by atoms with E-state index in [1.807, 2.05) is 0 Å². The maximum Gasteiger partial charge on any atom is 0.223 e. The van der Waals surface area contributed by atoms with Gasteiger partial charge in [0.15, 0.2) is 0 Å². The van der Waals surface area contributed by atoms with Gasteiger partial charge in [-0.15, -0.1) is 0 Å². The fraction of sp³-hybridized carbons (Fsp3) is 0.667. The molecule has 0 N–H and O–H groups in total. The summed E-state index contributed by atoms with van der Waals surface area (Å²) in [7, 11) is 0. The highest BCUT2D eigenvalue weighted by molar-refractivity contribution is 14.1. The highest BCUT2D eigenvalue weighted by Gasteiger charge is 2.28. The van der Waals surface area contributed by atoms with Crippen LogP contribution in [0.15, 0.2) is 0 Å². The van der Waals surface area contributed by atoms with Crippen LogP contribution in [0.1, 0.15) is 0 Å². The first kappa shape index (κ1) is 4.52. The number of epoxide rings is 1. The maximum atomic E-state index is 10.1. The molecule has 1 atom stereocenters. The average molecular weight is 198 g/mol. The van der Waals surface area contributed by atoms with Crippen LogP contribution in [-0.2, 0) is 9.53 Å². The molecular weight excluding hydrogens is 195 g/mol. The molecule has 1 heterocycles. The Hall–Kier alpha value is 0.360. The molecule has 0 aromatic carbocycles. The Morgan fingerprint density at radius 3 is 2.50 bits per heavy atom. The standard InChI is InChI=1S/C3H3IO2/c4-3(5)2-1-6-2/h2H,1H2. The van der Waals surface area contributed by atoms with Crippen LogP contribution < -0.4 is 0 Å². The van der Waals surface area contributed by atoms with E-state index in [1.165, 1.54) is 0 Å². The zero-order valence-electron chi connectivity index (χ0n) is 2.98. The fourth-order valence-electron chi connectivity index (χ4n) is 0.179. The molecule has 0 saturated carbocycles. The van der Waals surface area contributed by atoms with Gasteiger partial charge >= 0.3 is 0 Å². The Balaban J connectivity index is 2.31. The molecule has 0 radical (unpaired) electrons. The number of carbonyl (C=O) groups excluding carboxylic acids is 1. The van der Waals surface area contributed by atoms with Crippen LogP contribution in [0.5, 0.6) is 0 Å². The van der Waals surface area contributed by atoms with Gasteiger partial charge in [-0.2, -0.15) is 0 Å². The summed E-state index contributed by atoms with van der Waals surface area (Å²) in [6.45, 7) is 0.641. The first-order valence-electron chi connectivity index (χ1n) is 1.61. The molecule has 0 amide bonds. The van der Waals surface area contributed by atoms with E-state index >= 15 is 0 Å². The summed E-state index contributed by atoms with van der Waals surface area (Å²) in [5.74, 6) is 0. The second kappa shape index (κ2) is 1.46. The molecule has 0 bridgehead atoms. The normalized spacial score (nSPS) is 29.8. The van der Waals surface area contributed by atoms with E-state index in [1.54, 1.807) is 22.6 Å². The van der Waals surface area contributed by atoms with Crippen molar-refractivity contribution in [1.82, 2.24) is 0 Å². The smallest absolute Gasteiger partial charge is 0.223 e. The Morgan fingerprint density at radius 2 is 2.50 bits per heavy atom. The molecule has 1 saturated heterocycles. The summed E-state index contributed by atoms with van der Waals surface area (Å²) in [6.07, 6.45) is -0.0504. The van der Waals surface area contributed by atoms with Crippen molar-refractivity contribution in [3.8, 4) is 0 Å². The van der Waals surface area contributed by atoms with E-state index in [0.717, 1.165) is 0 Å². The second-order valence-electron chi connectivity index (χ2n) is 1.13. The number of rotatable bonds is 1. The van der Waals surface area contributed by atoms with E-state index < -0.39 is 0 Å². The van der Waals surface area contributed by atoms with Crippen molar-refractivity contribution < 1.29 is 9.53 Å². The van der Waals surface area contributed by atoms with E-state index in [9.17, 15) is 4.79 Å². The van der Waals surface area contributed by atoms with Crippen LogP contribution in [-0.4, -0.2) is 16.5 Å². The molecule has 0 aromatic heterocycles. The Kier molecular flexibility index (Phi) is 1.10. The van der Waals surface area contributed by atoms with Gasteiger partial charge in [0, 0.05) is 22.6 Å². The molecule has 6 heavy (non-hydrogen) atoms. The van der Waals surface area contributed by atoms with Crippen molar-refractivity contribution in [2.45, 2.75) is 6.10 Å². The van der Waals surface area contributed by atoms with Gasteiger partial charge in [-0.1, -0.05) is 0 Å². The summed E-state index contributed by atoms with van der Waals surface area (Å²) < 4.78 is 4.73. The lowest BCUT2D eigenvalue weighted by Gasteiger charge is -1.69. The van der Waals surface area contributed by atoms with Crippen LogP contribution in [0.25, 0.3) is 0 Å². The van der Waals surface area contributed by atoms with Crippen molar-refractivity contribution in [2.24, 2.45) is 0 Å². The Morgan fingerprint density at radius 1 is 2.00 bits per heavy atom. The van der Waals surface area contributed by atoms with Crippen molar-refractivity contribution in [3.05, 3.63) is 0 Å². The molecule has 1 aliphatic rings. The van der Waals surface area contributed by atoms with Crippen LogP contribution in [0, 0.1) is 0 Å². The summed E-state index contributed by atoms with van der Waals surface area (Å²) in [5.41, 5.74) is 0. The summed E-state index contributed by atoms with van der Waals surface area (Å²) in [6, 6.07) is 0. The molecule has 1 rings (SSSR count). The zero-order chi connectivity index (χ0) is 4.57. The minimum atomic E-state index is -0.0504. The van der Waals surface area contributed by atoms with Gasteiger partial charge in [-0.05, 0) is 0 Å². The van der Waals surface area contributed by atoms with Crippen molar-refractivity contribution in [3.63, 3.8) is 0 Å². The average Bonchev–Trinajstić information content (AvgIpc) is 2.06. The largest absolute Gasteiger partial charge is 0.364 e. The summed E-state index contributed by atoms with van der Waals surface area (Å²) in [4.78, 5) is 10.1. The molecule has 0 spiro atoms. The topological polar surface area (TPSA) is 29.6 Å². The van der Waals surface area contributed by atoms with Crippen molar-refractivity contribution >= 4 is 26.4 Å². The lowest BCUT2D eigenvalue weighted by molar-refractivity contribution is -0.110. The predicted molar refractivity (Wildman–Crippen MR) is 28.8 cm³/mol. The first-order valence-corrected chi connectivity index (χ1v) is 2.69. The molecule has 1 fully saturated rings. The van der Waals surface area contributed by atoms with Gasteiger partial charge in [0.05, 0.1) is 6.61 Å². The quantitative estimate of drug-likeness (QED) is 0.345. The zero-order valence-corrected chi connectivity index (χ0v) is 5.14. The molecule has 1 aliphatic heterocycles. The monoisotopic (exact) mass is 198 g/mol. The highest BCUT2D eigenvalue weighted by atomic mass is 127. The third-order valence-electron chi connectivity index (χ3n) is 0.586. The molecule has 0 aromatic rings. The maximum absolute atomic E-state index is 10.1. The number of ether oxygens (including phenoxy) is 1. The van der Waals surface area contributed by atoms with Crippen LogP contribution in [0.2, 0.25) is 0 Å². The van der Waals surface area contributed by atoms with Gasteiger partial charge < -0.3 is 4.74 Å². The first-order chi connectivity index (χ1) is 2.80. The minimum absolute atomic E-state index is 0.0504. The number of hydrogen-bond acceptors (Lipinski definition) is 2. The van der Waals surface area contributed by atoms with E-state index in [0.29, 0.717) is 6.61 Å². The Bertz CT molecular complexity index is 76.9. The third-order valence-corrected chi connectivity index (χ3v) is 1.28. The van der Waals surface area contributed by atoms with Crippen LogP contribution in [0.3, 0.4) is 0 Å². The summed E-state index contributed by atoms with van der Waals surface area (Å²) in [5, 5.41) is 0. The number of carbonyl (C=O) groups is 1. The van der Waals surface area contributed by atoms with E-state index in [-0.39, 0.29) is 9.89 Å². The summed E-state index contributed by atoms with van der Waals surface area (Å²) >= 11 is 1.73. The molecule has 34 valence electrons. The van der Waals surface area contributed by atoms with Crippen LogP contribution >= 0.6 is 22.6 Å². The molecule has 1 unspecified atom stereocenters. The number of hydrogen-bond donors (Lipinski definition) is 0. The lowest BCUT2D eigenvalue weighted by atomic mass is 10.6. The molecule has 2 nitrogen and oxygen atoms in total. The SMILES string of the molecule is O=C(I)C1CO1. The number of halogens is 1.